The number of benzene rings is 1. The first-order valence-electron chi connectivity index (χ1n) is 6.96. The molecule has 1 heterocycles. The van der Waals surface area contributed by atoms with Gasteiger partial charge in [-0.3, -0.25) is 4.79 Å². The number of halogens is 2. The molecule has 1 saturated carbocycles. The van der Waals surface area contributed by atoms with Gasteiger partial charge in [-0.25, -0.2) is 0 Å². The third-order valence-electron chi connectivity index (χ3n) is 4.04. The molecule has 0 unspecified atom stereocenters. The predicted octanol–water partition coefficient (Wildman–Crippen LogP) is 4.74. The van der Waals surface area contributed by atoms with Crippen molar-refractivity contribution in [2.75, 3.05) is 7.11 Å². The van der Waals surface area contributed by atoms with Crippen LogP contribution in [0, 0.1) is 0 Å². The summed E-state index contributed by atoms with van der Waals surface area (Å²) in [6.07, 6.45) is 1.95. The minimum atomic E-state index is -0.0992. The van der Waals surface area contributed by atoms with Gasteiger partial charge in [-0.05, 0) is 30.5 Å². The van der Waals surface area contributed by atoms with Crippen LogP contribution in [-0.2, 0) is 0 Å². The first-order valence-corrected chi connectivity index (χ1v) is 8.66. The van der Waals surface area contributed by atoms with Crippen molar-refractivity contribution in [2.24, 2.45) is 0 Å². The van der Waals surface area contributed by atoms with Crippen LogP contribution in [0.25, 0.3) is 0 Å². The molecule has 1 N–H and O–H groups in total. The van der Waals surface area contributed by atoms with Gasteiger partial charge in [0.05, 0.1) is 12.7 Å². The van der Waals surface area contributed by atoms with E-state index in [1.807, 2.05) is 17.5 Å². The summed E-state index contributed by atoms with van der Waals surface area (Å²) in [5, 5.41) is 7.98. The number of amides is 1. The lowest BCUT2D eigenvalue weighted by Gasteiger charge is -2.38. The standard InChI is InChI=1S/C16H15Cl2NO2S/c1-21-15-8-22-7-12(15)16(20)19-14-5-4-11(14)10-3-2-9(17)6-13(10)18/h2-3,6-8,11,14H,4-5H2,1H3,(H,19,20)/t11-,14-/m0/s1. The number of methoxy groups -OCH3 is 1. The molecule has 3 rings (SSSR count). The highest BCUT2D eigenvalue weighted by Gasteiger charge is 2.35. The molecule has 22 heavy (non-hydrogen) atoms. The van der Waals surface area contributed by atoms with Gasteiger partial charge in [-0.2, -0.15) is 0 Å². The summed E-state index contributed by atoms with van der Waals surface area (Å²) < 4.78 is 5.20. The van der Waals surface area contributed by atoms with E-state index in [1.54, 1.807) is 18.6 Å². The molecule has 116 valence electrons. The van der Waals surface area contributed by atoms with Crippen molar-refractivity contribution >= 4 is 40.4 Å². The van der Waals surface area contributed by atoms with Crippen LogP contribution in [0.15, 0.2) is 29.0 Å². The fraction of sp³-hybridized carbons (Fsp3) is 0.312. The molecule has 6 heteroatoms. The highest BCUT2D eigenvalue weighted by molar-refractivity contribution is 7.08. The summed E-state index contributed by atoms with van der Waals surface area (Å²) >= 11 is 13.7. The molecule has 0 bridgehead atoms. The van der Waals surface area contributed by atoms with Crippen LogP contribution in [0.5, 0.6) is 5.75 Å². The van der Waals surface area contributed by atoms with Crippen molar-refractivity contribution < 1.29 is 9.53 Å². The fourth-order valence-corrected chi connectivity index (χ4v) is 4.03. The van der Waals surface area contributed by atoms with Gasteiger partial charge >= 0.3 is 0 Å². The molecule has 0 radical (unpaired) electrons. The van der Waals surface area contributed by atoms with Crippen molar-refractivity contribution in [3.05, 3.63) is 50.1 Å². The second-order valence-electron chi connectivity index (χ2n) is 5.28. The molecule has 2 atom stereocenters. The Morgan fingerprint density at radius 1 is 1.32 bits per heavy atom. The summed E-state index contributed by atoms with van der Waals surface area (Å²) in [6, 6.07) is 5.62. The first-order chi connectivity index (χ1) is 10.6. The van der Waals surface area contributed by atoms with E-state index in [9.17, 15) is 4.79 Å². The Morgan fingerprint density at radius 3 is 2.77 bits per heavy atom. The zero-order valence-electron chi connectivity index (χ0n) is 11.9. The Hall–Kier alpha value is -1.23. The van der Waals surface area contributed by atoms with E-state index in [4.69, 9.17) is 27.9 Å². The maximum Gasteiger partial charge on any atom is 0.256 e. The van der Waals surface area contributed by atoms with Crippen LogP contribution >= 0.6 is 34.5 Å². The molecule has 1 aromatic carbocycles. The predicted molar refractivity (Wildman–Crippen MR) is 90.6 cm³/mol. The molecule has 1 aliphatic carbocycles. The normalized spacial score (nSPS) is 20.3. The van der Waals surface area contributed by atoms with Gasteiger partial charge in [-0.1, -0.05) is 29.3 Å². The number of carbonyl (C=O) groups is 1. The monoisotopic (exact) mass is 355 g/mol. The largest absolute Gasteiger partial charge is 0.495 e. The molecule has 1 aromatic heterocycles. The van der Waals surface area contributed by atoms with Crippen LogP contribution in [0.1, 0.15) is 34.7 Å². The highest BCUT2D eigenvalue weighted by atomic mass is 35.5. The van der Waals surface area contributed by atoms with Crippen molar-refractivity contribution in [3.8, 4) is 5.75 Å². The van der Waals surface area contributed by atoms with E-state index in [2.05, 4.69) is 5.32 Å². The maximum atomic E-state index is 12.4. The van der Waals surface area contributed by atoms with E-state index in [-0.39, 0.29) is 17.9 Å². The molecule has 1 fully saturated rings. The van der Waals surface area contributed by atoms with Gasteiger partial charge in [0, 0.05) is 32.8 Å². The van der Waals surface area contributed by atoms with Crippen LogP contribution in [0.2, 0.25) is 10.0 Å². The first kappa shape index (κ1) is 15.7. The van der Waals surface area contributed by atoms with Crippen LogP contribution in [0.4, 0.5) is 0 Å². The number of nitrogens with one attached hydrogen (secondary N) is 1. The summed E-state index contributed by atoms with van der Waals surface area (Å²) in [7, 11) is 1.57. The van der Waals surface area contributed by atoms with E-state index in [0.29, 0.717) is 21.4 Å². The Morgan fingerprint density at radius 2 is 2.14 bits per heavy atom. The Labute approximate surface area is 143 Å². The smallest absolute Gasteiger partial charge is 0.256 e. The Bertz CT molecular complexity index is 701. The van der Waals surface area contributed by atoms with Gasteiger partial charge in [0.25, 0.3) is 5.91 Å². The second kappa shape index (κ2) is 6.49. The van der Waals surface area contributed by atoms with Gasteiger partial charge < -0.3 is 10.1 Å². The lowest BCUT2D eigenvalue weighted by atomic mass is 9.75. The van der Waals surface area contributed by atoms with E-state index in [0.717, 1.165) is 18.4 Å². The number of hydrogen-bond donors (Lipinski definition) is 1. The minimum absolute atomic E-state index is 0.0933. The van der Waals surface area contributed by atoms with Crippen molar-refractivity contribution in [3.63, 3.8) is 0 Å². The molecule has 3 nitrogen and oxygen atoms in total. The van der Waals surface area contributed by atoms with E-state index in [1.165, 1.54) is 11.3 Å². The molecule has 0 spiro atoms. The highest BCUT2D eigenvalue weighted by Crippen LogP contribution is 2.41. The van der Waals surface area contributed by atoms with Gasteiger partial charge in [0.1, 0.15) is 5.75 Å². The lowest BCUT2D eigenvalue weighted by molar-refractivity contribution is 0.0902. The quantitative estimate of drug-likeness (QED) is 0.859. The molecule has 0 aliphatic heterocycles. The van der Waals surface area contributed by atoms with Crippen molar-refractivity contribution in [2.45, 2.75) is 24.8 Å². The average Bonchev–Trinajstić information content (AvgIpc) is 2.94. The molecule has 1 aliphatic rings. The lowest BCUT2D eigenvalue weighted by Crippen LogP contribution is -2.45. The summed E-state index contributed by atoms with van der Waals surface area (Å²) in [5.74, 6) is 0.749. The number of hydrogen-bond acceptors (Lipinski definition) is 3. The third-order valence-corrected chi connectivity index (χ3v) is 5.33. The molecule has 2 aromatic rings. The minimum Gasteiger partial charge on any atom is -0.495 e. The maximum absolute atomic E-state index is 12.4. The number of carbonyl (C=O) groups excluding carboxylic acids is 1. The third kappa shape index (κ3) is 2.96. The van der Waals surface area contributed by atoms with Crippen molar-refractivity contribution in [1.82, 2.24) is 5.32 Å². The summed E-state index contributed by atoms with van der Waals surface area (Å²) in [6.45, 7) is 0. The molecular weight excluding hydrogens is 341 g/mol. The number of ether oxygens (including phenoxy) is 1. The van der Waals surface area contributed by atoms with Crippen LogP contribution in [-0.4, -0.2) is 19.1 Å². The topological polar surface area (TPSA) is 38.3 Å². The van der Waals surface area contributed by atoms with E-state index < -0.39 is 0 Å². The fourth-order valence-electron chi connectivity index (χ4n) is 2.70. The second-order valence-corrected chi connectivity index (χ2v) is 6.87. The average molecular weight is 356 g/mol. The SMILES string of the molecule is COc1cscc1C(=O)N[C@H]1CC[C@H]1c1ccc(Cl)cc1Cl. The number of thiophene rings is 1. The molecular formula is C16H15Cl2NO2S. The molecule has 1 amide bonds. The number of rotatable bonds is 4. The summed E-state index contributed by atoms with van der Waals surface area (Å²) in [5.41, 5.74) is 1.63. The van der Waals surface area contributed by atoms with Crippen LogP contribution in [0.3, 0.4) is 0 Å². The van der Waals surface area contributed by atoms with Crippen LogP contribution < -0.4 is 10.1 Å². The summed E-state index contributed by atoms with van der Waals surface area (Å²) in [4.78, 5) is 12.4. The van der Waals surface area contributed by atoms with Gasteiger partial charge in [0.2, 0.25) is 0 Å². The van der Waals surface area contributed by atoms with Crippen molar-refractivity contribution in [1.29, 1.82) is 0 Å². The van der Waals surface area contributed by atoms with E-state index >= 15 is 0 Å². The zero-order valence-corrected chi connectivity index (χ0v) is 14.3. The Kier molecular flexibility index (Phi) is 4.62. The van der Waals surface area contributed by atoms with Gasteiger partial charge in [-0.15, -0.1) is 11.3 Å². The molecule has 0 saturated heterocycles. The zero-order chi connectivity index (χ0) is 15.7. The Balaban J connectivity index is 1.72. The van der Waals surface area contributed by atoms with Gasteiger partial charge in [0.15, 0.2) is 0 Å².